The summed E-state index contributed by atoms with van der Waals surface area (Å²) in [6.07, 6.45) is 0.447. The van der Waals surface area contributed by atoms with Gasteiger partial charge in [0.05, 0.1) is 7.11 Å². The number of hydrogen-bond acceptors (Lipinski definition) is 4. The molecule has 5 heteroatoms. The fraction of sp³-hybridized carbons (Fsp3) is 0.571. The van der Waals surface area contributed by atoms with E-state index in [-0.39, 0.29) is 18.7 Å². The summed E-state index contributed by atoms with van der Waals surface area (Å²) in [5, 5.41) is 2.07. The lowest BCUT2D eigenvalue weighted by molar-refractivity contribution is -0.152. The standard InChI is InChI=1S/C7H9NO4/c1-12-7(11)4-2-3-5(9)8-6(4)10/h4H,2-3H2,1H3,(H,8,9,10). The van der Waals surface area contributed by atoms with Crippen molar-refractivity contribution in [3.8, 4) is 0 Å². The maximum atomic E-state index is 11.0. The molecule has 66 valence electrons. The summed E-state index contributed by atoms with van der Waals surface area (Å²) in [6, 6.07) is 0. The molecule has 5 nitrogen and oxygen atoms in total. The van der Waals surface area contributed by atoms with Gasteiger partial charge in [0.1, 0.15) is 5.92 Å². The Balaban J connectivity index is 2.62. The van der Waals surface area contributed by atoms with Gasteiger partial charge in [-0.3, -0.25) is 19.7 Å². The molecule has 1 aliphatic rings. The number of imide groups is 1. The molecule has 2 amide bonds. The molecule has 0 radical (unpaired) electrons. The van der Waals surface area contributed by atoms with E-state index in [1.54, 1.807) is 0 Å². The molecule has 1 N–H and O–H groups in total. The molecule has 1 rings (SSSR count). The number of methoxy groups -OCH3 is 1. The number of piperidine rings is 1. The van der Waals surface area contributed by atoms with Crippen LogP contribution >= 0.6 is 0 Å². The topological polar surface area (TPSA) is 72.5 Å². The maximum absolute atomic E-state index is 11.0. The second kappa shape index (κ2) is 3.34. The first kappa shape index (κ1) is 8.70. The number of hydrogen-bond donors (Lipinski definition) is 1. The van der Waals surface area contributed by atoms with Gasteiger partial charge in [0, 0.05) is 6.42 Å². The van der Waals surface area contributed by atoms with Gasteiger partial charge in [-0.05, 0) is 6.42 Å². The summed E-state index contributed by atoms with van der Waals surface area (Å²) in [5.41, 5.74) is 0. The minimum absolute atomic E-state index is 0.200. The van der Waals surface area contributed by atoms with Gasteiger partial charge in [-0.2, -0.15) is 0 Å². The van der Waals surface area contributed by atoms with Crippen LogP contribution in [0.3, 0.4) is 0 Å². The van der Waals surface area contributed by atoms with Crippen molar-refractivity contribution < 1.29 is 19.1 Å². The van der Waals surface area contributed by atoms with Crippen LogP contribution in [0.1, 0.15) is 12.8 Å². The van der Waals surface area contributed by atoms with Crippen LogP contribution in [0.25, 0.3) is 0 Å². The molecular formula is C7H9NO4. The van der Waals surface area contributed by atoms with Crippen LogP contribution in [0.5, 0.6) is 0 Å². The van der Waals surface area contributed by atoms with Gasteiger partial charge in [0.2, 0.25) is 11.8 Å². The van der Waals surface area contributed by atoms with Crippen molar-refractivity contribution in [2.45, 2.75) is 12.8 Å². The predicted octanol–water partition coefficient (Wildman–Crippen LogP) is -0.788. The van der Waals surface area contributed by atoms with Crippen LogP contribution in [-0.2, 0) is 19.1 Å². The molecule has 0 bridgehead atoms. The fourth-order valence-corrected chi connectivity index (χ4v) is 1.06. The Kier molecular flexibility index (Phi) is 2.42. The van der Waals surface area contributed by atoms with E-state index in [4.69, 9.17) is 0 Å². The third kappa shape index (κ3) is 1.61. The Morgan fingerprint density at radius 3 is 2.75 bits per heavy atom. The maximum Gasteiger partial charge on any atom is 0.318 e. The minimum atomic E-state index is -0.812. The van der Waals surface area contributed by atoms with E-state index >= 15 is 0 Å². The molecule has 1 heterocycles. The van der Waals surface area contributed by atoms with Gasteiger partial charge in [0.15, 0.2) is 0 Å². The molecule has 1 atom stereocenters. The van der Waals surface area contributed by atoms with Crippen LogP contribution in [0, 0.1) is 5.92 Å². The summed E-state index contributed by atoms with van der Waals surface area (Å²) < 4.78 is 4.38. The molecule has 0 aromatic heterocycles. The highest BCUT2D eigenvalue weighted by molar-refractivity contribution is 6.07. The van der Waals surface area contributed by atoms with E-state index in [1.807, 2.05) is 0 Å². The quantitative estimate of drug-likeness (QED) is 0.319. The number of rotatable bonds is 1. The summed E-state index contributed by atoms with van der Waals surface area (Å²) in [7, 11) is 1.21. The molecular weight excluding hydrogens is 162 g/mol. The average molecular weight is 171 g/mol. The summed E-state index contributed by atoms with van der Waals surface area (Å²) in [5.74, 6) is -2.29. The first-order chi connectivity index (χ1) is 5.65. The monoisotopic (exact) mass is 171 g/mol. The molecule has 1 aliphatic heterocycles. The number of carbonyl (C=O) groups excluding carboxylic acids is 3. The van der Waals surface area contributed by atoms with Crippen molar-refractivity contribution in [3.63, 3.8) is 0 Å². The van der Waals surface area contributed by atoms with Crippen LogP contribution in [-0.4, -0.2) is 24.9 Å². The lowest BCUT2D eigenvalue weighted by Crippen LogP contribution is -2.44. The number of amides is 2. The first-order valence-electron chi connectivity index (χ1n) is 3.56. The van der Waals surface area contributed by atoms with Crippen molar-refractivity contribution in [3.05, 3.63) is 0 Å². The van der Waals surface area contributed by atoms with Gasteiger partial charge in [0.25, 0.3) is 0 Å². The zero-order valence-corrected chi connectivity index (χ0v) is 6.62. The zero-order chi connectivity index (χ0) is 9.14. The van der Waals surface area contributed by atoms with Gasteiger partial charge in [-0.15, -0.1) is 0 Å². The number of ether oxygens (including phenoxy) is 1. The van der Waals surface area contributed by atoms with E-state index in [2.05, 4.69) is 10.1 Å². The Labute approximate surface area is 69.1 Å². The Morgan fingerprint density at radius 2 is 2.25 bits per heavy atom. The minimum Gasteiger partial charge on any atom is -0.468 e. The van der Waals surface area contributed by atoms with Gasteiger partial charge in [-0.1, -0.05) is 0 Å². The van der Waals surface area contributed by atoms with E-state index < -0.39 is 17.8 Å². The molecule has 0 aromatic rings. The Bertz CT molecular complexity index is 236. The van der Waals surface area contributed by atoms with Crippen molar-refractivity contribution >= 4 is 17.8 Å². The second-order valence-electron chi connectivity index (χ2n) is 2.53. The van der Waals surface area contributed by atoms with Gasteiger partial charge < -0.3 is 4.74 Å². The summed E-state index contributed by atoms with van der Waals surface area (Å²) in [6.45, 7) is 0. The molecule has 0 aliphatic carbocycles. The highest BCUT2D eigenvalue weighted by Crippen LogP contribution is 2.13. The Hall–Kier alpha value is -1.39. The largest absolute Gasteiger partial charge is 0.468 e. The molecule has 0 aromatic carbocycles. The number of esters is 1. The van der Waals surface area contributed by atoms with Gasteiger partial charge >= 0.3 is 5.97 Å². The third-order valence-electron chi connectivity index (χ3n) is 1.72. The van der Waals surface area contributed by atoms with E-state index in [0.717, 1.165) is 0 Å². The van der Waals surface area contributed by atoms with Crippen molar-refractivity contribution in [2.75, 3.05) is 7.11 Å². The van der Waals surface area contributed by atoms with Crippen molar-refractivity contribution in [2.24, 2.45) is 5.92 Å². The number of nitrogens with one attached hydrogen (secondary N) is 1. The number of carbonyl (C=O) groups is 3. The van der Waals surface area contributed by atoms with Crippen LogP contribution < -0.4 is 5.32 Å². The molecule has 1 fully saturated rings. The molecule has 12 heavy (non-hydrogen) atoms. The van der Waals surface area contributed by atoms with E-state index in [9.17, 15) is 14.4 Å². The average Bonchev–Trinajstić information content (AvgIpc) is 2.03. The zero-order valence-electron chi connectivity index (χ0n) is 6.62. The van der Waals surface area contributed by atoms with Crippen LogP contribution in [0.15, 0.2) is 0 Å². The first-order valence-corrected chi connectivity index (χ1v) is 3.56. The third-order valence-corrected chi connectivity index (χ3v) is 1.72. The molecule has 0 spiro atoms. The van der Waals surface area contributed by atoms with E-state index in [0.29, 0.717) is 0 Å². The fourth-order valence-electron chi connectivity index (χ4n) is 1.06. The lowest BCUT2D eigenvalue weighted by atomic mass is 9.99. The molecule has 0 saturated carbocycles. The highest BCUT2D eigenvalue weighted by atomic mass is 16.5. The normalized spacial score (nSPS) is 23.2. The van der Waals surface area contributed by atoms with E-state index in [1.165, 1.54) is 7.11 Å². The SMILES string of the molecule is COC(=O)C1CCC(=O)NC1=O. The lowest BCUT2D eigenvalue weighted by Gasteiger charge is -2.17. The Morgan fingerprint density at radius 1 is 1.58 bits per heavy atom. The molecule has 1 unspecified atom stereocenters. The second-order valence-corrected chi connectivity index (χ2v) is 2.53. The van der Waals surface area contributed by atoms with Gasteiger partial charge in [-0.25, -0.2) is 0 Å². The van der Waals surface area contributed by atoms with Crippen molar-refractivity contribution in [1.29, 1.82) is 0 Å². The summed E-state index contributed by atoms with van der Waals surface area (Å²) in [4.78, 5) is 32.5. The smallest absolute Gasteiger partial charge is 0.318 e. The molecule has 1 saturated heterocycles. The predicted molar refractivity (Wildman–Crippen MR) is 37.9 cm³/mol. The van der Waals surface area contributed by atoms with Crippen molar-refractivity contribution in [1.82, 2.24) is 5.32 Å². The van der Waals surface area contributed by atoms with Crippen LogP contribution in [0.2, 0.25) is 0 Å². The summed E-state index contributed by atoms with van der Waals surface area (Å²) >= 11 is 0. The highest BCUT2D eigenvalue weighted by Gasteiger charge is 2.32. The van der Waals surface area contributed by atoms with Crippen LogP contribution in [0.4, 0.5) is 0 Å².